The standard InChI is InChI=1S/C17H16O2/c1-13(18)15-10-11-17(19)16(12-15)9-5-8-14-6-3-2-4-7-14/h2-8,10-12,19H,9H2,1H3/b8-5-. The van der Waals surface area contributed by atoms with Crippen LogP contribution in [0.4, 0.5) is 0 Å². The van der Waals surface area contributed by atoms with Gasteiger partial charge in [-0.15, -0.1) is 0 Å². The lowest BCUT2D eigenvalue weighted by atomic mass is 10.0. The second-order valence-electron chi connectivity index (χ2n) is 4.42. The molecule has 0 aliphatic rings. The van der Waals surface area contributed by atoms with Crippen molar-refractivity contribution in [1.29, 1.82) is 0 Å². The van der Waals surface area contributed by atoms with E-state index >= 15 is 0 Å². The summed E-state index contributed by atoms with van der Waals surface area (Å²) in [6.07, 6.45) is 4.58. The number of allylic oxidation sites excluding steroid dienone is 1. The average Bonchev–Trinajstić information content (AvgIpc) is 2.42. The molecule has 0 bridgehead atoms. The Balaban J connectivity index is 2.13. The first-order valence-electron chi connectivity index (χ1n) is 6.21. The van der Waals surface area contributed by atoms with Gasteiger partial charge in [0.2, 0.25) is 0 Å². The second-order valence-corrected chi connectivity index (χ2v) is 4.42. The summed E-state index contributed by atoms with van der Waals surface area (Å²) in [6.45, 7) is 1.52. The lowest BCUT2D eigenvalue weighted by molar-refractivity contribution is 0.101. The van der Waals surface area contributed by atoms with Crippen LogP contribution in [0.1, 0.15) is 28.4 Å². The minimum Gasteiger partial charge on any atom is -0.508 e. The van der Waals surface area contributed by atoms with Gasteiger partial charge in [-0.05, 0) is 42.7 Å². The lowest BCUT2D eigenvalue weighted by Crippen LogP contribution is -1.93. The van der Waals surface area contributed by atoms with Crippen molar-refractivity contribution < 1.29 is 9.90 Å². The molecule has 0 heterocycles. The molecule has 0 aliphatic heterocycles. The molecular formula is C17H16O2. The highest BCUT2D eigenvalue weighted by molar-refractivity contribution is 5.94. The van der Waals surface area contributed by atoms with Crippen molar-refractivity contribution in [2.45, 2.75) is 13.3 Å². The Morgan fingerprint density at radius 3 is 2.58 bits per heavy atom. The summed E-state index contributed by atoms with van der Waals surface area (Å²) >= 11 is 0. The fourth-order valence-electron chi connectivity index (χ4n) is 1.85. The fourth-order valence-corrected chi connectivity index (χ4v) is 1.85. The predicted octanol–water partition coefficient (Wildman–Crippen LogP) is 3.85. The zero-order valence-electron chi connectivity index (χ0n) is 10.8. The van der Waals surface area contributed by atoms with Crippen molar-refractivity contribution in [2.75, 3.05) is 0 Å². The number of hydrogen-bond acceptors (Lipinski definition) is 2. The first-order chi connectivity index (χ1) is 9.16. The van der Waals surface area contributed by atoms with Crippen LogP contribution in [0.3, 0.4) is 0 Å². The molecule has 0 saturated heterocycles. The molecule has 2 aromatic rings. The Hall–Kier alpha value is -2.35. The van der Waals surface area contributed by atoms with Crippen LogP contribution in [-0.4, -0.2) is 10.9 Å². The first-order valence-corrected chi connectivity index (χ1v) is 6.21. The maximum atomic E-state index is 11.3. The number of aromatic hydroxyl groups is 1. The van der Waals surface area contributed by atoms with E-state index in [1.54, 1.807) is 18.2 Å². The molecule has 0 saturated carbocycles. The SMILES string of the molecule is CC(=O)c1ccc(O)c(C/C=C\c2ccccc2)c1. The van der Waals surface area contributed by atoms with E-state index in [0.717, 1.165) is 11.1 Å². The summed E-state index contributed by atoms with van der Waals surface area (Å²) in [6, 6.07) is 14.9. The van der Waals surface area contributed by atoms with Gasteiger partial charge in [0.25, 0.3) is 0 Å². The summed E-state index contributed by atoms with van der Waals surface area (Å²) in [5.41, 5.74) is 2.51. The summed E-state index contributed by atoms with van der Waals surface area (Å²) in [5, 5.41) is 9.77. The first kappa shape index (κ1) is 13.1. The van der Waals surface area contributed by atoms with Crippen LogP contribution in [0.2, 0.25) is 0 Å². The smallest absolute Gasteiger partial charge is 0.159 e. The minimum absolute atomic E-state index is 0.00767. The van der Waals surface area contributed by atoms with Crippen LogP contribution in [0.5, 0.6) is 5.75 Å². The fraction of sp³-hybridized carbons (Fsp3) is 0.118. The van der Waals surface area contributed by atoms with Gasteiger partial charge in [0.1, 0.15) is 5.75 Å². The zero-order valence-corrected chi connectivity index (χ0v) is 10.8. The topological polar surface area (TPSA) is 37.3 Å². The van der Waals surface area contributed by atoms with Crippen LogP contribution < -0.4 is 0 Å². The van der Waals surface area contributed by atoms with E-state index in [-0.39, 0.29) is 11.5 Å². The van der Waals surface area contributed by atoms with Gasteiger partial charge in [0.05, 0.1) is 0 Å². The molecule has 2 heteroatoms. The van der Waals surface area contributed by atoms with Crippen molar-refractivity contribution in [3.8, 4) is 5.75 Å². The molecule has 1 N–H and O–H groups in total. The van der Waals surface area contributed by atoms with E-state index in [0.29, 0.717) is 12.0 Å². The van der Waals surface area contributed by atoms with Crippen LogP contribution in [0.15, 0.2) is 54.6 Å². The van der Waals surface area contributed by atoms with Crippen LogP contribution in [-0.2, 0) is 6.42 Å². The van der Waals surface area contributed by atoms with Gasteiger partial charge >= 0.3 is 0 Å². The van der Waals surface area contributed by atoms with Crippen molar-refractivity contribution >= 4 is 11.9 Å². The summed E-state index contributed by atoms with van der Waals surface area (Å²) < 4.78 is 0. The van der Waals surface area contributed by atoms with Gasteiger partial charge in [-0.1, -0.05) is 42.5 Å². The van der Waals surface area contributed by atoms with Gasteiger partial charge in [-0.3, -0.25) is 4.79 Å². The molecule has 0 unspecified atom stereocenters. The number of rotatable bonds is 4. The molecule has 19 heavy (non-hydrogen) atoms. The molecule has 0 atom stereocenters. The second kappa shape index (κ2) is 6.01. The third-order valence-corrected chi connectivity index (χ3v) is 2.93. The summed E-state index contributed by atoms with van der Waals surface area (Å²) in [4.78, 5) is 11.3. The van der Waals surface area contributed by atoms with E-state index in [9.17, 15) is 9.90 Å². The van der Waals surface area contributed by atoms with E-state index in [1.807, 2.05) is 42.5 Å². The Morgan fingerprint density at radius 2 is 1.89 bits per heavy atom. The van der Waals surface area contributed by atoms with E-state index in [4.69, 9.17) is 0 Å². The van der Waals surface area contributed by atoms with Crippen LogP contribution >= 0.6 is 0 Å². The largest absolute Gasteiger partial charge is 0.508 e. The van der Waals surface area contributed by atoms with Gasteiger partial charge in [0.15, 0.2) is 5.78 Å². The monoisotopic (exact) mass is 252 g/mol. The van der Waals surface area contributed by atoms with Crippen molar-refractivity contribution in [1.82, 2.24) is 0 Å². The molecule has 2 rings (SSSR count). The molecule has 0 amide bonds. The van der Waals surface area contributed by atoms with Gasteiger partial charge < -0.3 is 5.11 Å². The maximum Gasteiger partial charge on any atom is 0.159 e. The Morgan fingerprint density at radius 1 is 1.16 bits per heavy atom. The van der Waals surface area contributed by atoms with Gasteiger partial charge in [0, 0.05) is 5.56 Å². The van der Waals surface area contributed by atoms with Crippen LogP contribution in [0, 0.1) is 0 Å². The number of phenols is 1. The number of Topliss-reactive ketones (excluding diaryl/α,β-unsaturated/α-hetero) is 1. The van der Waals surface area contributed by atoms with Crippen LogP contribution in [0.25, 0.3) is 6.08 Å². The highest BCUT2D eigenvalue weighted by Crippen LogP contribution is 2.20. The molecule has 2 nitrogen and oxygen atoms in total. The maximum absolute atomic E-state index is 11.3. The number of carbonyl (C=O) groups is 1. The van der Waals surface area contributed by atoms with Crippen molar-refractivity contribution in [3.05, 3.63) is 71.3 Å². The van der Waals surface area contributed by atoms with Gasteiger partial charge in [-0.25, -0.2) is 0 Å². The molecule has 96 valence electrons. The average molecular weight is 252 g/mol. The molecule has 0 radical (unpaired) electrons. The number of ketones is 1. The Bertz CT molecular complexity index is 598. The van der Waals surface area contributed by atoms with Crippen molar-refractivity contribution in [2.24, 2.45) is 0 Å². The highest BCUT2D eigenvalue weighted by atomic mass is 16.3. The van der Waals surface area contributed by atoms with E-state index in [2.05, 4.69) is 0 Å². The minimum atomic E-state index is 0.00767. The lowest BCUT2D eigenvalue weighted by Gasteiger charge is -2.03. The molecule has 0 aromatic heterocycles. The van der Waals surface area contributed by atoms with Gasteiger partial charge in [-0.2, -0.15) is 0 Å². The highest BCUT2D eigenvalue weighted by Gasteiger charge is 2.04. The Labute approximate surface area is 113 Å². The van der Waals surface area contributed by atoms with E-state index in [1.165, 1.54) is 6.92 Å². The van der Waals surface area contributed by atoms with E-state index < -0.39 is 0 Å². The third-order valence-electron chi connectivity index (χ3n) is 2.93. The molecule has 0 aliphatic carbocycles. The molecule has 2 aromatic carbocycles. The number of benzene rings is 2. The Kier molecular flexibility index (Phi) is 4.14. The summed E-state index contributed by atoms with van der Waals surface area (Å²) in [7, 11) is 0. The predicted molar refractivity (Wildman–Crippen MR) is 77.3 cm³/mol. The number of hydrogen-bond donors (Lipinski definition) is 1. The quantitative estimate of drug-likeness (QED) is 0.839. The third kappa shape index (κ3) is 3.55. The number of carbonyl (C=O) groups excluding carboxylic acids is 1. The number of phenolic OH excluding ortho intramolecular Hbond substituents is 1. The molecule has 0 spiro atoms. The molecule has 0 fully saturated rings. The van der Waals surface area contributed by atoms with Crippen molar-refractivity contribution in [3.63, 3.8) is 0 Å². The molecular weight excluding hydrogens is 236 g/mol. The normalized spacial score (nSPS) is 10.8. The zero-order chi connectivity index (χ0) is 13.7. The summed E-state index contributed by atoms with van der Waals surface area (Å²) in [5.74, 6) is 0.232.